The number of hydrogen-bond donors (Lipinski definition) is 0. The van der Waals surface area contributed by atoms with E-state index in [-0.39, 0.29) is 5.97 Å². The Labute approximate surface area is 166 Å². The molecule has 0 fully saturated rings. The molecule has 1 atom stereocenters. The van der Waals surface area contributed by atoms with Gasteiger partial charge >= 0.3 is 5.97 Å². The van der Waals surface area contributed by atoms with E-state index in [0.717, 1.165) is 16.9 Å². The van der Waals surface area contributed by atoms with Crippen LogP contribution in [-0.2, 0) is 16.0 Å². The highest BCUT2D eigenvalue weighted by Crippen LogP contribution is 2.24. The topological polar surface area (TPSA) is 47.9 Å². The lowest BCUT2D eigenvalue weighted by Gasteiger charge is -2.28. The van der Waals surface area contributed by atoms with Gasteiger partial charge in [-0.05, 0) is 63.1 Å². The van der Waals surface area contributed by atoms with Gasteiger partial charge in [-0.1, -0.05) is 35.9 Å². The Balaban J connectivity index is 2.31. The van der Waals surface area contributed by atoms with E-state index in [2.05, 4.69) is 4.99 Å². The molecule has 0 spiro atoms. The molecule has 2 rings (SSSR count). The van der Waals surface area contributed by atoms with Gasteiger partial charge in [0.25, 0.3) is 0 Å². The SMILES string of the molecule is COc1ccc(C[C@](C)(/N=C/c2ccc(Cl)cc2)C(=O)OC(C)(C)C)cc1. The molecular formula is C22H26ClNO3. The van der Waals surface area contributed by atoms with Gasteiger partial charge in [0.15, 0.2) is 5.54 Å². The number of nitrogens with zero attached hydrogens (tertiary/aromatic N) is 1. The number of esters is 1. The number of rotatable bonds is 6. The van der Waals surface area contributed by atoms with E-state index in [0.29, 0.717) is 11.4 Å². The molecule has 144 valence electrons. The Morgan fingerprint density at radius 2 is 1.63 bits per heavy atom. The van der Waals surface area contributed by atoms with Gasteiger partial charge in [-0.2, -0.15) is 0 Å². The number of ether oxygens (including phenoxy) is 2. The van der Waals surface area contributed by atoms with Crippen molar-refractivity contribution in [3.63, 3.8) is 0 Å². The highest BCUT2D eigenvalue weighted by atomic mass is 35.5. The van der Waals surface area contributed by atoms with Crippen molar-refractivity contribution >= 4 is 23.8 Å². The molecule has 0 bridgehead atoms. The first-order chi connectivity index (χ1) is 12.6. The van der Waals surface area contributed by atoms with Crippen LogP contribution in [0.4, 0.5) is 0 Å². The van der Waals surface area contributed by atoms with E-state index in [4.69, 9.17) is 21.1 Å². The molecule has 2 aromatic rings. The molecule has 4 nitrogen and oxygen atoms in total. The number of hydrogen-bond acceptors (Lipinski definition) is 4. The molecular weight excluding hydrogens is 362 g/mol. The number of aliphatic imine (C=N–C) groups is 1. The largest absolute Gasteiger partial charge is 0.497 e. The van der Waals surface area contributed by atoms with Crippen molar-refractivity contribution in [3.8, 4) is 5.75 Å². The minimum absolute atomic E-state index is 0.365. The van der Waals surface area contributed by atoms with Gasteiger partial charge in [-0.25, -0.2) is 4.79 Å². The Bertz CT molecular complexity index is 792. The van der Waals surface area contributed by atoms with Gasteiger partial charge in [0, 0.05) is 17.7 Å². The van der Waals surface area contributed by atoms with Crippen LogP contribution in [0.3, 0.4) is 0 Å². The van der Waals surface area contributed by atoms with E-state index in [1.165, 1.54) is 0 Å². The summed E-state index contributed by atoms with van der Waals surface area (Å²) in [7, 11) is 1.62. The lowest BCUT2D eigenvalue weighted by Crippen LogP contribution is -2.41. The molecule has 0 amide bonds. The van der Waals surface area contributed by atoms with Crippen molar-refractivity contribution in [2.45, 2.75) is 45.3 Å². The van der Waals surface area contributed by atoms with Crippen LogP contribution in [0.25, 0.3) is 0 Å². The van der Waals surface area contributed by atoms with Crippen LogP contribution in [0.15, 0.2) is 53.5 Å². The van der Waals surface area contributed by atoms with Crippen LogP contribution >= 0.6 is 11.6 Å². The zero-order chi connectivity index (χ0) is 20.1. The molecule has 2 aromatic carbocycles. The Morgan fingerprint density at radius 3 is 2.15 bits per heavy atom. The summed E-state index contributed by atoms with van der Waals surface area (Å²) in [5.74, 6) is 0.401. The summed E-state index contributed by atoms with van der Waals surface area (Å²) in [5.41, 5.74) is 0.191. The van der Waals surface area contributed by atoms with Gasteiger partial charge in [-0.15, -0.1) is 0 Å². The predicted molar refractivity (Wildman–Crippen MR) is 110 cm³/mol. The third-order valence-corrected chi connectivity index (χ3v) is 4.17. The summed E-state index contributed by atoms with van der Waals surface area (Å²) in [6.07, 6.45) is 2.10. The van der Waals surface area contributed by atoms with E-state index in [1.54, 1.807) is 32.4 Å². The van der Waals surface area contributed by atoms with Crippen LogP contribution in [0.5, 0.6) is 5.75 Å². The molecule has 0 radical (unpaired) electrons. The van der Waals surface area contributed by atoms with Crippen LogP contribution in [-0.4, -0.2) is 30.4 Å². The van der Waals surface area contributed by atoms with Crippen molar-refractivity contribution in [1.82, 2.24) is 0 Å². The molecule has 0 aliphatic heterocycles. The highest BCUT2D eigenvalue weighted by Gasteiger charge is 2.36. The first kappa shape index (κ1) is 21.0. The average Bonchev–Trinajstić information content (AvgIpc) is 2.60. The predicted octanol–water partition coefficient (Wildman–Crippen LogP) is 5.11. The first-order valence-electron chi connectivity index (χ1n) is 8.78. The third kappa shape index (κ3) is 6.40. The average molecular weight is 388 g/mol. The summed E-state index contributed by atoms with van der Waals surface area (Å²) < 4.78 is 10.8. The van der Waals surface area contributed by atoms with E-state index < -0.39 is 11.1 Å². The number of benzene rings is 2. The molecule has 0 heterocycles. The minimum Gasteiger partial charge on any atom is -0.497 e. The van der Waals surface area contributed by atoms with Crippen molar-refractivity contribution < 1.29 is 14.3 Å². The number of methoxy groups -OCH3 is 1. The van der Waals surface area contributed by atoms with Crippen molar-refractivity contribution in [3.05, 3.63) is 64.7 Å². The lowest BCUT2D eigenvalue weighted by molar-refractivity contribution is -0.160. The summed E-state index contributed by atoms with van der Waals surface area (Å²) in [4.78, 5) is 17.5. The Morgan fingerprint density at radius 1 is 1.04 bits per heavy atom. The first-order valence-corrected chi connectivity index (χ1v) is 9.16. The van der Waals surface area contributed by atoms with E-state index in [1.807, 2.05) is 57.2 Å². The zero-order valence-corrected chi connectivity index (χ0v) is 17.2. The number of carbonyl (C=O) groups is 1. The quantitative estimate of drug-likeness (QED) is 0.511. The maximum atomic E-state index is 12.9. The Kier molecular flexibility index (Phi) is 6.66. The second-order valence-corrected chi connectivity index (χ2v) is 8.05. The van der Waals surface area contributed by atoms with E-state index in [9.17, 15) is 4.79 Å². The fraction of sp³-hybridized carbons (Fsp3) is 0.364. The molecule has 0 unspecified atom stereocenters. The second-order valence-electron chi connectivity index (χ2n) is 7.61. The molecule has 0 saturated heterocycles. The molecule has 27 heavy (non-hydrogen) atoms. The van der Waals surface area contributed by atoms with Gasteiger partial charge < -0.3 is 9.47 Å². The van der Waals surface area contributed by atoms with Gasteiger partial charge in [0.2, 0.25) is 0 Å². The van der Waals surface area contributed by atoms with Gasteiger partial charge in [-0.3, -0.25) is 4.99 Å². The fourth-order valence-corrected chi connectivity index (χ4v) is 2.59. The molecule has 0 saturated carbocycles. The zero-order valence-electron chi connectivity index (χ0n) is 16.5. The van der Waals surface area contributed by atoms with Crippen LogP contribution in [0, 0.1) is 0 Å². The fourth-order valence-electron chi connectivity index (χ4n) is 2.47. The van der Waals surface area contributed by atoms with Crippen LogP contribution < -0.4 is 4.74 Å². The summed E-state index contributed by atoms with van der Waals surface area (Å²) in [6, 6.07) is 14.9. The van der Waals surface area contributed by atoms with E-state index >= 15 is 0 Å². The van der Waals surface area contributed by atoms with Crippen LogP contribution in [0.1, 0.15) is 38.8 Å². The number of carbonyl (C=O) groups excluding carboxylic acids is 1. The summed E-state index contributed by atoms with van der Waals surface area (Å²) in [5, 5.41) is 0.653. The number of halogens is 1. The molecule has 0 aliphatic carbocycles. The van der Waals surface area contributed by atoms with Crippen molar-refractivity contribution in [2.24, 2.45) is 4.99 Å². The summed E-state index contributed by atoms with van der Waals surface area (Å²) >= 11 is 5.93. The van der Waals surface area contributed by atoms with Crippen LogP contribution in [0.2, 0.25) is 5.02 Å². The second kappa shape index (κ2) is 8.57. The summed E-state index contributed by atoms with van der Waals surface area (Å²) in [6.45, 7) is 7.34. The monoisotopic (exact) mass is 387 g/mol. The Hall–Kier alpha value is -2.33. The smallest absolute Gasteiger partial charge is 0.334 e. The standard InChI is InChI=1S/C22H26ClNO3/c1-21(2,3)27-20(25)22(4,14-16-8-12-19(26-5)13-9-16)24-15-17-6-10-18(23)11-7-17/h6-13,15H,14H2,1-5H3/b24-15+/t22-/m0/s1. The molecule has 0 aliphatic rings. The third-order valence-electron chi connectivity index (χ3n) is 3.91. The minimum atomic E-state index is -1.05. The molecule has 5 heteroatoms. The van der Waals surface area contributed by atoms with Gasteiger partial charge in [0.05, 0.1) is 7.11 Å². The maximum absolute atomic E-state index is 12.9. The normalized spacial score (nSPS) is 14.0. The van der Waals surface area contributed by atoms with Gasteiger partial charge in [0.1, 0.15) is 11.4 Å². The maximum Gasteiger partial charge on any atom is 0.334 e. The lowest BCUT2D eigenvalue weighted by atomic mass is 9.93. The van der Waals surface area contributed by atoms with Crippen molar-refractivity contribution in [2.75, 3.05) is 7.11 Å². The molecule has 0 aromatic heterocycles. The highest BCUT2D eigenvalue weighted by molar-refractivity contribution is 6.30. The molecule has 0 N–H and O–H groups in total. The van der Waals surface area contributed by atoms with Crippen molar-refractivity contribution in [1.29, 1.82) is 0 Å².